The van der Waals surface area contributed by atoms with Crippen LogP contribution < -0.4 is 0 Å². The molecule has 1 heterocycles. The Labute approximate surface area is 130 Å². The number of rotatable bonds is 3. The van der Waals surface area contributed by atoms with Gasteiger partial charge in [-0.15, -0.1) is 0 Å². The minimum atomic E-state index is -3.95. The van der Waals surface area contributed by atoms with Crippen LogP contribution in [0.25, 0.3) is 0 Å². The molecule has 0 aliphatic carbocycles. The maximum Gasteiger partial charge on any atom is 0.261 e. The van der Waals surface area contributed by atoms with Crippen molar-refractivity contribution < 1.29 is 16.8 Å². The first-order valence-corrected chi connectivity index (χ1v) is 10.4. The highest BCUT2D eigenvalue weighted by Crippen LogP contribution is 2.29. The fourth-order valence-corrected chi connectivity index (χ4v) is 5.24. The Morgan fingerprint density at radius 3 is 2.33 bits per heavy atom. The number of halogens is 1. The summed E-state index contributed by atoms with van der Waals surface area (Å²) in [4.78, 5) is -0.242. The van der Waals surface area contributed by atoms with E-state index in [4.69, 9.17) is 10.7 Å². The lowest BCUT2D eigenvalue weighted by Crippen LogP contribution is -2.44. The molecule has 1 aromatic carbocycles. The van der Waals surface area contributed by atoms with Crippen LogP contribution in [0.2, 0.25) is 0 Å². The van der Waals surface area contributed by atoms with Crippen LogP contribution in [0.4, 0.5) is 0 Å². The van der Waals surface area contributed by atoms with Gasteiger partial charge in [0.15, 0.2) is 0 Å². The lowest BCUT2D eigenvalue weighted by Gasteiger charge is -2.35. The van der Waals surface area contributed by atoms with Crippen molar-refractivity contribution in [2.75, 3.05) is 6.54 Å². The highest BCUT2D eigenvalue weighted by molar-refractivity contribution is 8.13. The van der Waals surface area contributed by atoms with Crippen molar-refractivity contribution in [3.05, 3.63) is 24.3 Å². The molecular formula is C13H18ClNO4S2. The van der Waals surface area contributed by atoms with Crippen LogP contribution in [0.1, 0.15) is 26.7 Å². The Bertz CT molecular complexity index is 730. The zero-order chi connectivity index (χ0) is 15.8. The number of hydrogen-bond acceptors (Lipinski definition) is 4. The number of hydrogen-bond donors (Lipinski definition) is 0. The summed E-state index contributed by atoms with van der Waals surface area (Å²) in [5.74, 6) is 0.487. The minimum absolute atomic E-state index is 0.0365. The third kappa shape index (κ3) is 3.59. The van der Waals surface area contributed by atoms with E-state index < -0.39 is 19.1 Å². The molecule has 8 heteroatoms. The summed E-state index contributed by atoms with van der Waals surface area (Å²) in [5, 5.41) is 0. The van der Waals surface area contributed by atoms with E-state index >= 15 is 0 Å². The molecule has 0 saturated carbocycles. The molecule has 1 aliphatic heterocycles. The second-order valence-corrected chi connectivity index (χ2v) is 9.96. The zero-order valence-electron chi connectivity index (χ0n) is 11.9. The van der Waals surface area contributed by atoms with Crippen molar-refractivity contribution in [1.29, 1.82) is 0 Å². The normalized spacial score (nSPS) is 24.9. The van der Waals surface area contributed by atoms with Gasteiger partial charge in [0, 0.05) is 23.3 Å². The third-order valence-corrected chi connectivity index (χ3v) is 7.13. The summed E-state index contributed by atoms with van der Waals surface area (Å²) in [5.41, 5.74) is 0. The van der Waals surface area contributed by atoms with E-state index in [0.29, 0.717) is 12.5 Å². The number of sulfonamides is 1. The van der Waals surface area contributed by atoms with Gasteiger partial charge < -0.3 is 0 Å². The Morgan fingerprint density at radius 2 is 1.76 bits per heavy atom. The Hall–Kier alpha value is -0.630. The molecule has 0 N–H and O–H groups in total. The van der Waals surface area contributed by atoms with Gasteiger partial charge in [-0.25, -0.2) is 16.8 Å². The highest BCUT2D eigenvalue weighted by Gasteiger charge is 2.33. The maximum absolute atomic E-state index is 12.7. The Morgan fingerprint density at radius 1 is 1.14 bits per heavy atom. The van der Waals surface area contributed by atoms with Crippen molar-refractivity contribution >= 4 is 29.8 Å². The van der Waals surface area contributed by atoms with Gasteiger partial charge in [-0.05, 0) is 43.9 Å². The fraction of sp³-hybridized carbons (Fsp3) is 0.538. The first-order valence-electron chi connectivity index (χ1n) is 6.69. The molecule has 0 spiro atoms. The van der Waals surface area contributed by atoms with Crippen LogP contribution in [0, 0.1) is 5.92 Å². The van der Waals surface area contributed by atoms with Crippen LogP contribution in [0.3, 0.4) is 0 Å². The van der Waals surface area contributed by atoms with Gasteiger partial charge in [0.2, 0.25) is 10.0 Å². The molecule has 1 aliphatic rings. The van der Waals surface area contributed by atoms with Gasteiger partial charge in [-0.3, -0.25) is 0 Å². The van der Waals surface area contributed by atoms with Crippen LogP contribution in [0.15, 0.2) is 34.1 Å². The summed E-state index contributed by atoms with van der Waals surface area (Å²) in [6.45, 7) is 4.42. The van der Waals surface area contributed by atoms with E-state index in [1.807, 2.05) is 6.92 Å². The highest BCUT2D eigenvalue weighted by atomic mass is 35.7. The van der Waals surface area contributed by atoms with E-state index in [0.717, 1.165) is 18.9 Å². The minimum Gasteiger partial charge on any atom is -0.207 e. The number of benzene rings is 1. The molecule has 0 radical (unpaired) electrons. The van der Waals surface area contributed by atoms with E-state index in [9.17, 15) is 16.8 Å². The van der Waals surface area contributed by atoms with Gasteiger partial charge in [0.1, 0.15) is 0 Å². The van der Waals surface area contributed by atoms with Crippen LogP contribution in [-0.2, 0) is 19.1 Å². The molecule has 0 aromatic heterocycles. The SMILES string of the molecule is CC1CCN(S(=O)(=O)c2cccc(S(=O)(=O)Cl)c2)C(C)C1. The molecule has 2 atom stereocenters. The molecule has 0 bridgehead atoms. The smallest absolute Gasteiger partial charge is 0.207 e. The average Bonchev–Trinajstić information content (AvgIpc) is 2.37. The van der Waals surface area contributed by atoms with Gasteiger partial charge in [0.05, 0.1) is 9.79 Å². The predicted molar refractivity (Wildman–Crippen MR) is 81.2 cm³/mol. The molecule has 21 heavy (non-hydrogen) atoms. The van der Waals surface area contributed by atoms with Gasteiger partial charge in [-0.2, -0.15) is 4.31 Å². The topological polar surface area (TPSA) is 71.5 Å². The van der Waals surface area contributed by atoms with Crippen LogP contribution >= 0.6 is 10.7 Å². The van der Waals surface area contributed by atoms with Crippen LogP contribution in [-0.4, -0.2) is 33.7 Å². The molecule has 1 fully saturated rings. The monoisotopic (exact) mass is 351 g/mol. The molecule has 1 saturated heterocycles. The van der Waals surface area contributed by atoms with E-state index in [1.165, 1.54) is 22.5 Å². The third-order valence-electron chi connectivity index (χ3n) is 3.77. The van der Waals surface area contributed by atoms with Gasteiger partial charge in [0.25, 0.3) is 9.05 Å². The summed E-state index contributed by atoms with van der Waals surface area (Å²) in [6, 6.07) is 5.08. The molecule has 0 amide bonds. The molecular weight excluding hydrogens is 334 g/mol. The van der Waals surface area contributed by atoms with Gasteiger partial charge >= 0.3 is 0 Å². The van der Waals surface area contributed by atoms with E-state index in [2.05, 4.69) is 6.92 Å². The lowest BCUT2D eigenvalue weighted by molar-refractivity contribution is 0.220. The summed E-state index contributed by atoms with van der Waals surface area (Å²) >= 11 is 0. The van der Waals surface area contributed by atoms with E-state index in [-0.39, 0.29) is 15.8 Å². The second kappa shape index (κ2) is 5.87. The van der Waals surface area contributed by atoms with Gasteiger partial charge in [-0.1, -0.05) is 13.0 Å². The summed E-state index contributed by atoms with van der Waals surface area (Å²) in [6.07, 6.45) is 1.60. The quantitative estimate of drug-likeness (QED) is 0.784. The summed E-state index contributed by atoms with van der Waals surface area (Å²) < 4.78 is 49.5. The van der Waals surface area contributed by atoms with Crippen LogP contribution in [0.5, 0.6) is 0 Å². The van der Waals surface area contributed by atoms with Crippen molar-refractivity contribution in [2.24, 2.45) is 5.92 Å². The average molecular weight is 352 g/mol. The van der Waals surface area contributed by atoms with Crippen molar-refractivity contribution in [3.63, 3.8) is 0 Å². The summed E-state index contributed by atoms with van der Waals surface area (Å²) in [7, 11) is -2.38. The molecule has 2 rings (SSSR count). The molecule has 1 aromatic rings. The van der Waals surface area contributed by atoms with Crippen molar-refractivity contribution in [1.82, 2.24) is 4.31 Å². The molecule has 2 unspecified atom stereocenters. The Kier molecular flexibility index (Phi) is 4.68. The maximum atomic E-state index is 12.7. The molecule has 5 nitrogen and oxygen atoms in total. The fourth-order valence-electron chi connectivity index (χ4n) is 2.66. The zero-order valence-corrected chi connectivity index (χ0v) is 14.2. The lowest BCUT2D eigenvalue weighted by atomic mass is 9.95. The first-order chi connectivity index (χ1) is 9.62. The van der Waals surface area contributed by atoms with Crippen molar-refractivity contribution in [2.45, 2.75) is 42.5 Å². The predicted octanol–water partition coefficient (Wildman–Crippen LogP) is 2.42. The Balaban J connectivity index is 2.41. The standard InChI is InChI=1S/C13H18ClNO4S2/c1-10-6-7-15(11(2)8-10)21(18,19)13-5-3-4-12(9-13)20(14,16)17/h3-5,9-11H,6-8H2,1-2H3. The number of piperidine rings is 1. The number of nitrogens with zero attached hydrogens (tertiary/aromatic N) is 1. The largest absolute Gasteiger partial charge is 0.261 e. The second-order valence-electron chi connectivity index (χ2n) is 5.51. The molecule has 118 valence electrons. The first kappa shape index (κ1) is 16.7. The van der Waals surface area contributed by atoms with Crippen molar-refractivity contribution in [3.8, 4) is 0 Å². The van der Waals surface area contributed by atoms with E-state index in [1.54, 1.807) is 0 Å².